The molecule has 0 spiro atoms. The van der Waals surface area contributed by atoms with E-state index < -0.39 is 0 Å². The van der Waals surface area contributed by atoms with E-state index in [2.05, 4.69) is 55.3 Å². The predicted molar refractivity (Wildman–Crippen MR) is 103 cm³/mol. The van der Waals surface area contributed by atoms with Gasteiger partial charge in [0.1, 0.15) is 0 Å². The largest absolute Gasteiger partial charge is 0.368 e. The first-order chi connectivity index (χ1) is 11.6. The molecule has 3 nitrogen and oxygen atoms in total. The Morgan fingerprint density at radius 3 is 2.46 bits per heavy atom. The molecule has 1 fully saturated rings. The molecule has 0 radical (unpaired) electrons. The molecule has 0 bridgehead atoms. The highest BCUT2D eigenvalue weighted by Crippen LogP contribution is 2.24. The van der Waals surface area contributed by atoms with Crippen molar-refractivity contribution in [3.63, 3.8) is 0 Å². The maximum atomic E-state index is 12.4. The number of carbonyl (C=O) groups excluding carboxylic acids is 1. The van der Waals surface area contributed by atoms with Crippen LogP contribution >= 0.6 is 11.3 Å². The van der Waals surface area contributed by atoms with Gasteiger partial charge in [0.2, 0.25) is 5.91 Å². The first kappa shape index (κ1) is 16.8. The van der Waals surface area contributed by atoms with Crippen LogP contribution in [0, 0.1) is 20.8 Å². The Morgan fingerprint density at radius 1 is 1.04 bits per heavy atom. The van der Waals surface area contributed by atoms with E-state index in [4.69, 9.17) is 0 Å². The summed E-state index contributed by atoms with van der Waals surface area (Å²) >= 11 is 1.67. The van der Waals surface area contributed by atoms with Gasteiger partial charge in [0.05, 0.1) is 0 Å². The van der Waals surface area contributed by atoms with Crippen molar-refractivity contribution in [2.75, 3.05) is 31.1 Å². The van der Waals surface area contributed by atoms with E-state index >= 15 is 0 Å². The van der Waals surface area contributed by atoms with Crippen LogP contribution < -0.4 is 4.90 Å². The van der Waals surface area contributed by atoms with Crippen molar-refractivity contribution in [2.45, 2.75) is 20.8 Å². The third kappa shape index (κ3) is 3.54. The zero-order chi connectivity index (χ0) is 17.1. The molecule has 0 saturated carbocycles. The maximum Gasteiger partial charge on any atom is 0.246 e. The molecule has 1 saturated heterocycles. The number of nitrogens with zero attached hydrogens (tertiary/aromatic N) is 2. The Kier molecular flexibility index (Phi) is 5.05. The molecule has 24 heavy (non-hydrogen) atoms. The first-order valence-corrected chi connectivity index (χ1v) is 9.26. The molecule has 0 unspecified atom stereocenters. The molecule has 2 aromatic rings. The Morgan fingerprint density at radius 2 is 1.79 bits per heavy atom. The number of thiophene rings is 1. The summed E-state index contributed by atoms with van der Waals surface area (Å²) in [5.74, 6) is 0.114. The lowest BCUT2D eigenvalue weighted by molar-refractivity contribution is -0.126. The Balaban J connectivity index is 1.60. The van der Waals surface area contributed by atoms with E-state index in [0.717, 1.165) is 31.1 Å². The molecule has 1 aliphatic heterocycles. The van der Waals surface area contributed by atoms with Gasteiger partial charge in [-0.2, -0.15) is 0 Å². The maximum absolute atomic E-state index is 12.4. The Labute approximate surface area is 148 Å². The highest BCUT2D eigenvalue weighted by atomic mass is 32.1. The summed E-state index contributed by atoms with van der Waals surface area (Å²) in [6.07, 6.45) is 3.66. The summed E-state index contributed by atoms with van der Waals surface area (Å²) in [4.78, 5) is 17.9. The summed E-state index contributed by atoms with van der Waals surface area (Å²) in [5.41, 5.74) is 5.18. The number of carbonyl (C=O) groups is 1. The average Bonchev–Trinajstić information content (AvgIpc) is 3.00. The second kappa shape index (κ2) is 7.22. The third-order valence-corrected chi connectivity index (χ3v) is 5.77. The normalized spacial score (nSPS) is 15.3. The van der Waals surface area contributed by atoms with Gasteiger partial charge in [-0.25, -0.2) is 0 Å². The fourth-order valence-electron chi connectivity index (χ4n) is 3.05. The quantitative estimate of drug-likeness (QED) is 0.788. The lowest BCUT2D eigenvalue weighted by Gasteiger charge is -2.36. The van der Waals surface area contributed by atoms with Crippen LogP contribution in [-0.2, 0) is 4.79 Å². The molecule has 1 amide bonds. The standard InChI is InChI=1S/C20H24N2OS/c1-15-5-4-6-18(17(15)3)21-10-12-22(13-11-21)20(23)8-7-19-16(2)9-14-24-19/h4-9,14H,10-13H2,1-3H3/b8-7+. The van der Waals surface area contributed by atoms with E-state index in [9.17, 15) is 4.79 Å². The van der Waals surface area contributed by atoms with Crippen molar-refractivity contribution >= 4 is 29.0 Å². The van der Waals surface area contributed by atoms with Crippen LogP contribution in [0.2, 0.25) is 0 Å². The number of hydrogen-bond donors (Lipinski definition) is 0. The number of anilines is 1. The van der Waals surface area contributed by atoms with Crippen LogP contribution in [0.15, 0.2) is 35.7 Å². The van der Waals surface area contributed by atoms with Gasteiger partial charge in [0.15, 0.2) is 0 Å². The van der Waals surface area contributed by atoms with Crippen molar-refractivity contribution in [1.29, 1.82) is 0 Å². The third-order valence-electron chi connectivity index (χ3n) is 4.79. The minimum Gasteiger partial charge on any atom is -0.368 e. The number of piperazine rings is 1. The number of aryl methyl sites for hydroxylation is 2. The zero-order valence-corrected chi connectivity index (χ0v) is 15.4. The van der Waals surface area contributed by atoms with Crippen molar-refractivity contribution in [3.05, 3.63) is 57.3 Å². The van der Waals surface area contributed by atoms with Gasteiger partial charge in [-0.3, -0.25) is 4.79 Å². The van der Waals surface area contributed by atoms with Gasteiger partial charge < -0.3 is 9.80 Å². The molecule has 1 aromatic heterocycles. The summed E-state index contributed by atoms with van der Waals surface area (Å²) in [6.45, 7) is 9.73. The summed E-state index contributed by atoms with van der Waals surface area (Å²) < 4.78 is 0. The molecule has 0 aliphatic carbocycles. The molecule has 0 N–H and O–H groups in total. The van der Waals surface area contributed by atoms with Crippen molar-refractivity contribution in [2.24, 2.45) is 0 Å². The van der Waals surface area contributed by atoms with Crippen LogP contribution in [0.3, 0.4) is 0 Å². The minimum atomic E-state index is 0.114. The Bertz CT molecular complexity index is 755. The molecule has 1 aromatic carbocycles. The van der Waals surface area contributed by atoms with Crippen LogP contribution in [0.5, 0.6) is 0 Å². The van der Waals surface area contributed by atoms with E-state index in [0.29, 0.717) is 0 Å². The number of rotatable bonds is 3. The summed E-state index contributed by atoms with van der Waals surface area (Å²) in [7, 11) is 0. The van der Waals surface area contributed by atoms with Crippen molar-refractivity contribution in [3.8, 4) is 0 Å². The highest BCUT2D eigenvalue weighted by Gasteiger charge is 2.21. The van der Waals surface area contributed by atoms with Gasteiger partial charge in [-0.05, 0) is 61.1 Å². The SMILES string of the molecule is Cc1ccsc1/C=C/C(=O)N1CCN(c2cccc(C)c2C)CC1. The molecule has 2 heterocycles. The van der Waals surface area contributed by atoms with Crippen molar-refractivity contribution < 1.29 is 4.79 Å². The summed E-state index contributed by atoms with van der Waals surface area (Å²) in [6, 6.07) is 8.52. The molecule has 1 aliphatic rings. The zero-order valence-electron chi connectivity index (χ0n) is 14.6. The fourth-order valence-corrected chi connectivity index (χ4v) is 3.87. The second-order valence-corrected chi connectivity index (χ2v) is 7.28. The topological polar surface area (TPSA) is 23.6 Å². The highest BCUT2D eigenvalue weighted by molar-refractivity contribution is 7.11. The molecular formula is C20H24N2OS. The minimum absolute atomic E-state index is 0.114. The monoisotopic (exact) mass is 340 g/mol. The van der Waals surface area contributed by atoms with E-state index in [-0.39, 0.29) is 5.91 Å². The van der Waals surface area contributed by atoms with E-state index in [1.807, 2.05) is 11.0 Å². The van der Waals surface area contributed by atoms with Gasteiger partial charge in [-0.15, -0.1) is 11.3 Å². The van der Waals surface area contributed by atoms with Gasteiger partial charge in [0, 0.05) is 42.8 Å². The van der Waals surface area contributed by atoms with E-state index in [1.54, 1.807) is 17.4 Å². The van der Waals surface area contributed by atoms with Gasteiger partial charge in [0.25, 0.3) is 0 Å². The van der Waals surface area contributed by atoms with Gasteiger partial charge in [-0.1, -0.05) is 12.1 Å². The molecule has 4 heteroatoms. The van der Waals surface area contributed by atoms with Crippen molar-refractivity contribution in [1.82, 2.24) is 4.90 Å². The molecule has 3 rings (SSSR count). The average molecular weight is 340 g/mol. The number of hydrogen-bond acceptors (Lipinski definition) is 3. The van der Waals surface area contributed by atoms with Crippen LogP contribution in [-0.4, -0.2) is 37.0 Å². The van der Waals surface area contributed by atoms with E-state index in [1.165, 1.54) is 22.4 Å². The Hall–Kier alpha value is -2.07. The lowest BCUT2D eigenvalue weighted by atomic mass is 10.1. The fraction of sp³-hybridized carbons (Fsp3) is 0.350. The number of amides is 1. The first-order valence-electron chi connectivity index (χ1n) is 8.38. The lowest BCUT2D eigenvalue weighted by Crippen LogP contribution is -2.48. The molecule has 126 valence electrons. The number of benzene rings is 1. The predicted octanol–water partition coefficient (Wildman–Crippen LogP) is 4.04. The van der Waals surface area contributed by atoms with Crippen LogP contribution in [0.25, 0.3) is 6.08 Å². The summed E-state index contributed by atoms with van der Waals surface area (Å²) in [5, 5.41) is 2.06. The molecule has 0 atom stereocenters. The smallest absolute Gasteiger partial charge is 0.246 e. The molecular weight excluding hydrogens is 316 g/mol. The van der Waals surface area contributed by atoms with Gasteiger partial charge >= 0.3 is 0 Å². The van der Waals surface area contributed by atoms with Crippen LogP contribution in [0.4, 0.5) is 5.69 Å². The van der Waals surface area contributed by atoms with Crippen LogP contribution in [0.1, 0.15) is 21.6 Å². The second-order valence-electron chi connectivity index (χ2n) is 6.33.